The highest BCUT2D eigenvalue weighted by Gasteiger charge is 2.34. The van der Waals surface area contributed by atoms with Crippen LogP contribution in [0.25, 0.3) is 16.6 Å². The number of fused-ring (bicyclic) bond motifs is 1. The van der Waals surface area contributed by atoms with Crippen LogP contribution in [0.5, 0.6) is 11.5 Å². The molecule has 0 saturated heterocycles. The van der Waals surface area contributed by atoms with Gasteiger partial charge in [0.05, 0.1) is 41.3 Å². The van der Waals surface area contributed by atoms with Crippen LogP contribution in [0.4, 0.5) is 0 Å². The van der Waals surface area contributed by atoms with Crippen molar-refractivity contribution in [1.82, 2.24) is 14.5 Å². The summed E-state index contributed by atoms with van der Waals surface area (Å²) in [7, 11) is 3.14. The average Bonchev–Trinajstić information content (AvgIpc) is 2.83. The molecule has 1 amide bonds. The van der Waals surface area contributed by atoms with Crippen LogP contribution in [-0.4, -0.2) is 41.1 Å². The SMILES string of the molecule is CCCCN(C(=O)C1CCC1)C(C)c1nc2ccccc2c(=O)n1-c1cc(OC)cc(OC)c1Br. The third-order valence-corrected chi connectivity index (χ3v) is 7.62. The number of benzene rings is 2. The normalized spacial score (nSPS) is 14.4. The summed E-state index contributed by atoms with van der Waals surface area (Å²) >= 11 is 3.63. The molecule has 186 valence electrons. The molecule has 1 aromatic heterocycles. The van der Waals surface area contributed by atoms with Crippen molar-refractivity contribution in [2.75, 3.05) is 20.8 Å². The summed E-state index contributed by atoms with van der Waals surface area (Å²) in [5.41, 5.74) is 0.950. The van der Waals surface area contributed by atoms with Crippen LogP contribution in [0, 0.1) is 5.92 Å². The molecule has 2 aromatic carbocycles. The van der Waals surface area contributed by atoms with Gasteiger partial charge in [-0.05, 0) is 54.2 Å². The molecule has 1 atom stereocenters. The Hall–Kier alpha value is -2.87. The Labute approximate surface area is 214 Å². The van der Waals surface area contributed by atoms with Gasteiger partial charge < -0.3 is 14.4 Å². The highest BCUT2D eigenvalue weighted by Crippen LogP contribution is 2.37. The Bertz CT molecular complexity index is 1290. The molecule has 7 nitrogen and oxygen atoms in total. The largest absolute Gasteiger partial charge is 0.497 e. The van der Waals surface area contributed by atoms with Crippen molar-refractivity contribution in [2.24, 2.45) is 5.92 Å². The van der Waals surface area contributed by atoms with Gasteiger partial charge in [0.1, 0.15) is 17.3 Å². The lowest BCUT2D eigenvalue weighted by molar-refractivity contribution is -0.140. The van der Waals surface area contributed by atoms with Crippen LogP contribution in [0.15, 0.2) is 45.7 Å². The molecule has 1 heterocycles. The Morgan fingerprint density at radius 2 is 1.97 bits per heavy atom. The van der Waals surface area contributed by atoms with Crippen molar-refractivity contribution in [3.05, 3.63) is 57.0 Å². The van der Waals surface area contributed by atoms with E-state index in [9.17, 15) is 9.59 Å². The van der Waals surface area contributed by atoms with Crippen LogP contribution in [0.2, 0.25) is 0 Å². The molecule has 1 unspecified atom stereocenters. The van der Waals surface area contributed by atoms with Gasteiger partial charge in [0.15, 0.2) is 0 Å². The lowest BCUT2D eigenvalue weighted by atomic mass is 9.84. The van der Waals surface area contributed by atoms with Crippen molar-refractivity contribution in [1.29, 1.82) is 0 Å². The lowest BCUT2D eigenvalue weighted by Crippen LogP contribution is -2.42. The zero-order valence-electron chi connectivity index (χ0n) is 20.7. The maximum absolute atomic E-state index is 13.9. The minimum absolute atomic E-state index is 0.0542. The Balaban J connectivity index is 1.96. The summed E-state index contributed by atoms with van der Waals surface area (Å²) < 4.78 is 13.2. The van der Waals surface area contributed by atoms with E-state index in [-0.39, 0.29) is 17.4 Å². The molecule has 4 rings (SSSR count). The quantitative estimate of drug-likeness (QED) is 0.349. The highest BCUT2D eigenvalue weighted by atomic mass is 79.9. The van der Waals surface area contributed by atoms with E-state index in [1.165, 1.54) is 0 Å². The van der Waals surface area contributed by atoms with Crippen molar-refractivity contribution in [3.8, 4) is 17.2 Å². The van der Waals surface area contributed by atoms with E-state index < -0.39 is 6.04 Å². The molecule has 0 radical (unpaired) electrons. The number of unbranched alkanes of at least 4 members (excludes halogenated alkanes) is 1. The number of carbonyl (C=O) groups excluding carboxylic acids is 1. The summed E-state index contributed by atoms with van der Waals surface area (Å²) in [5.74, 6) is 1.79. The van der Waals surface area contributed by atoms with Crippen LogP contribution in [0.3, 0.4) is 0 Å². The van der Waals surface area contributed by atoms with E-state index in [1.54, 1.807) is 37.0 Å². The second-order valence-corrected chi connectivity index (χ2v) is 9.77. The molecule has 3 aromatic rings. The molecule has 35 heavy (non-hydrogen) atoms. The Morgan fingerprint density at radius 3 is 2.60 bits per heavy atom. The van der Waals surface area contributed by atoms with Gasteiger partial charge in [-0.25, -0.2) is 4.98 Å². The summed E-state index contributed by atoms with van der Waals surface area (Å²) in [5, 5.41) is 0.502. The number of halogens is 1. The third-order valence-electron chi connectivity index (χ3n) is 6.82. The number of rotatable bonds is 9. The number of hydrogen-bond acceptors (Lipinski definition) is 5. The molecule has 1 fully saturated rings. The van der Waals surface area contributed by atoms with Crippen molar-refractivity contribution < 1.29 is 14.3 Å². The van der Waals surface area contributed by atoms with Crippen LogP contribution < -0.4 is 15.0 Å². The molecule has 8 heteroatoms. The topological polar surface area (TPSA) is 73.7 Å². The van der Waals surface area contributed by atoms with E-state index in [1.807, 2.05) is 30.0 Å². The van der Waals surface area contributed by atoms with Gasteiger partial charge in [-0.3, -0.25) is 14.2 Å². The first-order valence-corrected chi connectivity index (χ1v) is 12.9. The van der Waals surface area contributed by atoms with Crippen molar-refractivity contribution in [2.45, 2.75) is 52.0 Å². The Kier molecular flexibility index (Phi) is 7.79. The number of aromatic nitrogens is 2. The Morgan fingerprint density at radius 1 is 1.23 bits per heavy atom. The number of amides is 1. The lowest BCUT2D eigenvalue weighted by Gasteiger charge is -2.36. The maximum atomic E-state index is 13.9. The van der Waals surface area contributed by atoms with E-state index >= 15 is 0 Å². The molecule has 1 aliphatic carbocycles. The first-order valence-electron chi connectivity index (χ1n) is 12.1. The van der Waals surface area contributed by atoms with E-state index in [0.29, 0.717) is 44.9 Å². The molecular weight excluding hydrogens is 510 g/mol. The highest BCUT2D eigenvalue weighted by molar-refractivity contribution is 9.10. The minimum atomic E-state index is -0.406. The number of methoxy groups -OCH3 is 2. The van der Waals surface area contributed by atoms with Gasteiger partial charge in [-0.1, -0.05) is 31.9 Å². The smallest absolute Gasteiger partial charge is 0.266 e. The van der Waals surface area contributed by atoms with Gasteiger partial charge in [-0.15, -0.1) is 0 Å². The summed E-state index contributed by atoms with van der Waals surface area (Å²) in [6, 6.07) is 10.4. The minimum Gasteiger partial charge on any atom is -0.497 e. The number of para-hydroxylation sites is 1. The molecule has 1 aliphatic rings. The van der Waals surface area contributed by atoms with E-state index in [2.05, 4.69) is 22.9 Å². The van der Waals surface area contributed by atoms with E-state index in [4.69, 9.17) is 14.5 Å². The zero-order valence-corrected chi connectivity index (χ0v) is 22.3. The molecule has 1 saturated carbocycles. The fourth-order valence-electron chi connectivity index (χ4n) is 4.50. The number of hydrogen-bond donors (Lipinski definition) is 0. The van der Waals surface area contributed by atoms with E-state index in [0.717, 1.165) is 32.1 Å². The summed E-state index contributed by atoms with van der Waals surface area (Å²) in [6.07, 6.45) is 4.78. The van der Waals surface area contributed by atoms with Crippen LogP contribution >= 0.6 is 15.9 Å². The average molecular weight is 542 g/mol. The first-order chi connectivity index (χ1) is 16.9. The summed E-state index contributed by atoms with van der Waals surface area (Å²) in [6.45, 7) is 4.70. The standard InChI is InChI=1S/C27H32BrN3O4/c1-5-6-14-30(26(32)18-10-9-11-18)17(2)25-29-21-13-8-7-12-20(21)27(33)31(25)22-15-19(34-3)16-23(35-4)24(22)28/h7-8,12-13,15-18H,5-6,9-11,14H2,1-4H3. The molecular formula is C27H32BrN3O4. The van der Waals surface area contributed by atoms with Crippen LogP contribution in [0.1, 0.15) is 57.8 Å². The van der Waals surface area contributed by atoms with Gasteiger partial charge in [0.25, 0.3) is 5.56 Å². The van der Waals surface area contributed by atoms with Crippen molar-refractivity contribution >= 4 is 32.7 Å². The second-order valence-electron chi connectivity index (χ2n) is 8.98. The fraction of sp³-hybridized carbons (Fsp3) is 0.444. The fourth-order valence-corrected chi connectivity index (χ4v) is 5.07. The van der Waals surface area contributed by atoms with Gasteiger partial charge >= 0.3 is 0 Å². The number of carbonyl (C=O) groups is 1. The number of nitrogens with zero attached hydrogens (tertiary/aromatic N) is 3. The van der Waals surface area contributed by atoms with Crippen LogP contribution in [-0.2, 0) is 4.79 Å². The maximum Gasteiger partial charge on any atom is 0.266 e. The predicted molar refractivity (Wildman–Crippen MR) is 141 cm³/mol. The third kappa shape index (κ3) is 4.81. The van der Waals surface area contributed by atoms with Gasteiger partial charge in [0.2, 0.25) is 5.91 Å². The molecule has 0 bridgehead atoms. The van der Waals surface area contributed by atoms with Gasteiger partial charge in [-0.2, -0.15) is 0 Å². The molecule has 0 aliphatic heterocycles. The number of ether oxygens (including phenoxy) is 2. The first kappa shape index (κ1) is 25.2. The monoisotopic (exact) mass is 541 g/mol. The summed E-state index contributed by atoms with van der Waals surface area (Å²) in [4.78, 5) is 34.3. The molecule has 0 spiro atoms. The molecule has 0 N–H and O–H groups in total. The predicted octanol–water partition coefficient (Wildman–Crippen LogP) is 5.66. The zero-order chi connectivity index (χ0) is 25.1. The van der Waals surface area contributed by atoms with Gasteiger partial charge in [0, 0.05) is 24.6 Å². The van der Waals surface area contributed by atoms with Crippen molar-refractivity contribution in [3.63, 3.8) is 0 Å². The second kappa shape index (κ2) is 10.8.